The Morgan fingerprint density at radius 2 is 1.69 bits per heavy atom. The second-order valence-electron chi connectivity index (χ2n) is 4.95. The van der Waals surface area contributed by atoms with Gasteiger partial charge in [-0.15, -0.1) is 0 Å². The van der Waals surface area contributed by atoms with Gasteiger partial charge in [0.25, 0.3) is 0 Å². The Kier molecular flexibility index (Phi) is 2.97. The van der Waals surface area contributed by atoms with Gasteiger partial charge < -0.3 is 5.73 Å². The van der Waals surface area contributed by atoms with Crippen molar-refractivity contribution in [3.8, 4) is 0 Å². The van der Waals surface area contributed by atoms with Gasteiger partial charge in [0.15, 0.2) is 0 Å². The van der Waals surface area contributed by atoms with Crippen molar-refractivity contribution in [3.05, 3.63) is 48.0 Å². The average Bonchev–Trinajstić information content (AvgIpc) is 2.28. The van der Waals surface area contributed by atoms with Crippen LogP contribution >= 0.6 is 0 Å². The number of nitrogens with two attached hydrogens (primary N) is 1. The molecule has 0 radical (unpaired) electrons. The molecule has 84 valence electrons. The zero-order valence-corrected chi connectivity index (χ0v) is 10.0. The molecule has 0 atom stereocenters. The van der Waals surface area contributed by atoms with Crippen molar-refractivity contribution in [2.75, 3.05) is 6.54 Å². The van der Waals surface area contributed by atoms with E-state index >= 15 is 0 Å². The fraction of sp³-hybridized carbons (Fsp3) is 0.333. The van der Waals surface area contributed by atoms with E-state index in [0.29, 0.717) is 0 Å². The van der Waals surface area contributed by atoms with Crippen LogP contribution in [0, 0.1) is 0 Å². The highest BCUT2D eigenvalue weighted by molar-refractivity contribution is 5.86. The molecule has 0 saturated heterocycles. The molecule has 0 aliphatic heterocycles. The minimum Gasteiger partial charge on any atom is -0.330 e. The highest BCUT2D eigenvalue weighted by atomic mass is 14.5. The Balaban J connectivity index is 2.60. The van der Waals surface area contributed by atoms with Crippen molar-refractivity contribution in [2.24, 2.45) is 5.73 Å². The molecule has 1 nitrogen and oxygen atoms in total. The topological polar surface area (TPSA) is 26.0 Å². The van der Waals surface area contributed by atoms with Crippen LogP contribution in [0.2, 0.25) is 0 Å². The van der Waals surface area contributed by atoms with Crippen molar-refractivity contribution in [3.63, 3.8) is 0 Å². The van der Waals surface area contributed by atoms with E-state index in [1.54, 1.807) is 0 Å². The number of fused-ring (bicyclic) bond motifs is 1. The van der Waals surface area contributed by atoms with Crippen LogP contribution < -0.4 is 5.73 Å². The molecule has 2 aromatic carbocycles. The fourth-order valence-electron chi connectivity index (χ4n) is 2.31. The predicted molar refractivity (Wildman–Crippen MR) is 70.6 cm³/mol. The lowest BCUT2D eigenvalue weighted by Gasteiger charge is -2.26. The minimum absolute atomic E-state index is 0.148. The quantitative estimate of drug-likeness (QED) is 0.830. The molecular weight excluding hydrogens is 194 g/mol. The van der Waals surface area contributed by atoms with Crippen molar-refractivity contribution < 1.29 is 0 Å². The van der Waals surface area contributed by atoms with Crippen LogP contribution in [0.25, 0.3) is 10.8 Å². The van der Waals surface area contributed by atoms with E-state index in [4.69, 9.17) is 5.73 Å². The highest BCUT2D eigenvalue weighted by Crippen LogP contribution is 2.32. The molecule has 0 amide bonds. The molecule has 0 fully saturated rings. The smallest absolute Gasteiger partial charge is 0.00690 e. The summed E-state index contributed by atoms with van der Waals surface area (Å²) in [7, 11) is 0. The van der Waals surface area contributed by atoms with Gasteiger partial charge in [-0.2, -0.15) is 0 Å². The van der Waals surface area contributed by atoms with E-state index in [1.807, 2.05) is 0 Å². The van der Waals surface area contributed by atoms with Gasteiger partial charge in [-0.05, 0) is 34.7 Å². The third kappa shape index (κ3) is 1.96. The summed E-state index contributed by atoms with van der Waals surface area (Å²) in [6.45, 7) is 5.26. The van der Waals surface area contributed by atoms with Crippen molar-refractivity contribution in [1.29, 1.82) is 0 Å². The van der Waals surface area contributed by atoms with Gasteiger partial charge in [-0.3, -0.25) is 0 Å². The van der Waals surface area contributed by atoms with Gasteiger partial charge in [0.2, 0.25) is 0 Å². The first-order valence-corrected chi connectivity index (χ1v) is 5.83. The maximum Gasteiger partial charge on any atom is -0.00690 e. The molecule has 0 unspecified atom stereocenters. The van der Waals surface area contributed by atoms with Gasteiger partial charge in [-0.25, -0.2) is 0 Å². The van der Waals surface area contributed by atoms with Crippen LogP contribution in [0.4, 0.5) is 0 Å². The van der Waals surface area contributed by atoms with Crippen LogP contribution in [-0.2, 0) is 5.41 Å². The van der Waals surface area contributed by atoms with Crippen LogP contribution in [0.5, 0.6) is 0 Å². The maximum atomic E-state index is 5.70. The number of hydrogen-bond donors (Lipinski definition) is 1. The molecule has 0 heterocycles. The van der Waals surface area contributed by atoms with Gasteiger partial charge in [0, 0.05) is 0 Å². The monoisotopic (exact) mass is 213 g/mol. The summed E-state index contributed by atoms with van der Waals surface area (Å²) in [5.74, 6) is 0. The first-order chi connectivity index (χ1) is 7.65. The predicted octanol–water partition coefficient (Wildman–Crippen LogP) is 3.47. The number of rotatable bonds is 3. The summed E-state index contributed by atoms with van der Waals surface area (Å²) in [6, 6.07) is 15.1. The molecule has 1 heteroatoms. The Hall–Kier alpha value is -1.34. The second-order valence-corrected chi connectivity index (χ2v) is 4.95. The lowest BCUT2D eigenvalue weighted by molar-refractivity contribution is 0.492. The zero-order valence-electron chi connectivity index (χ0n) is 10.0. The maximum absolute atomic E-state index is 5.70. The fourth-order valence-corrected chi connectivity index (χ4v) is 2.31. The Morgan fingerprint density at radius 3 is 2.44 bits per heavy atom. The molecule has 0 aliphatic rings. The van der Waals surface area contributed by atoms with Gasteiger partial charge in [0.05, 0.1) is 0 Å². The Bertz CT molecular complexity index is 480. The van der Waals surface area contributed by atoms with E-state index in [9.17, 15) is 0 Å². The van der Waals surface area contributed by atoms with Gasteiger partial charge >= 0.3 is 0 Å². The van der Waals surface area contributed by atoms with Crippen molar-refractivity contribution >= 4 is 10.8 Å². The summed E-state index contributed by atoms with van der Waals surface area (Å²) in [6.07, 6.45) is 1.01. The Morgan fingerprint density at radius 1 is 1.00 bits per heavy atom. The minimum atomic E-state index is 0.148. The number of benzene rings is 2. The summed E-state index contributed by atoms with van der Waals surface area (Å²) >= 11 is 0. The average molecular weight is 213 g/mol. The number of hydrogen-bond acceptors (Lipinski definition) is 1. The van der Waals surface area contributed by atoms with Crippen molar-refractivity contribution in [1.82, 2.24) is 0 Å². The summed E-state index contributed by atoms with van der Waals surface area (Å²) < 4.78 is 0. The first-order valence-electron chi connectivity index (χ1n) is 5.83. The van der Waals surface area contributed by atoms with E-state index in [0.717, 1.165) is 13.0 Å². The zero-order chi connectivity index (χ0) is 11.6. The molecule has 0 saturated carbocycles. The first kappa shape index (κ1) is 11.2. The van der Waals surface area contributed by atoms with E-state index in [-0.39, 0.29) is 5.41 Å². The summed E-state index contributed by atoms with van der Waals surface area (Å²) in [5.41, 5.74) is 7.24. The lowest BCUT2D eigenvalue weighted by atomic mass is 9.79. The van der Waals surface area contributed by atoms with Crippen LogP contribution in [0.15, 0.2) is 42.5 Å². The van der Waals surface area contributed by atoms with E-state index in [2.05, 4.69) is 56.3 Å². The van der Waals surface area contributed by atoms with Gasteiger partial charge in [-0.1, -0.05) is 56.3 Å². The third-order valence-electron chi connectivity index (χ3n) is 3.29. The second kappa shape index (κ2) is 4.26. The molecule has 0 aliphatic carbocycles. The lowest BCUT2D eigenvalue weighted by Crippen LogP contribution is -2.21. The normalized spacial score (nSPS) is 11.9. The molecule has 0 aromatic heterocycles. The third-order valence-corrected chi connectivity index (χ3v) is 3.29. The standard InChI is InChI=1S/C15H19N/c1-15(2,10-11-16)14-9-5-7-12-6-3-4-8-13(12)14/h3-9H,10-11,16H2,1-2H3. The van der Waals surface area contributed by atoms with Crippen LogP contribution in [0.3, 0.4) is 0 Å². The summed E-state index contributed by atoms with van der Waals surface area (Å²) in [5, 5.41) is 2.66. The molecule has 0 bridgehead atoms. The SMILES string of the molecule is CC(C)(CCN)c1cccc2ccccc12. The Labute approximate surface area is 97.3 Å². The molecule has 16 heavy (non-hydrogen) atoms. The van der Waals surface area contributed by atoms with E-state index in [1.165, 1.54) is 16.3 Å². The molecule has 2 rings (SSSR count). The van der Waals surface area contributed by atoms with Crippen LogP contribution in [0.1, 0.15) is 25.8 Å². The van der Waals surface area contributed by atoms with Crippen LogP contribution in [-0.4, -0.2) is 6.54 Å². The summed E-state index contributed by atoms with van der Waals surface area (Å²) in [4.78, 5) is 0. The largest absolute Gasteiger partial charge is 0.330 e. The van der Waals surface area contributed by atoms with E-state index < -0.39 is 0 Å². The molecular formula is C15H19N. The molecule has 0 spiro atoms. The highest BCUT2D eigenvalue weighted by Gasteiger charge is 2.21. The molecule has 2 N–H and O–H groups in total. The van der Waals surface area contributed by atoms with Crippen molar-refractivity contribution in [2.45, 2.75) is 25.7 Å². The van der Waals surface area contributed by atoms with Gasteiger partial charge in [0.1, 0.15) is 0 Å². The molecule has 2 aromatic rings.